The number of benzene rings is 2. The number of aromatic amines is 1. The van der Waals surface area contributed by atoms with Gasteiger partial charge in [0.15, 0.2) is 5.78 Å². The van der Waals surface area contributed by atoms with E-state index in [1.165, 1.54) is 12.1 Å². The maximum absolute atomic E-state index is 14.0. The first kappa shape index (κ1) is 20.3. The summed E-state index contributed by atoms with van der Waals surface area (Å²) in [5, 5.41) is 3.70. The van der Waals surface area contributed by atoms with Gasteiger partial charge in [-0.05, 0) is 41.2 Å². The smallest absolute Gasteiger partial charge is 0.232 e. The minimum absolute atomic E-state index is 0.0178. The molecule has 1 aliphatic rings. The van der Waals surface area contributed by atoms with E-state index in [0.717, 1.165) is 27.7 Å². The lowest BCUT2D eigenvalue weighted by atomic mass is 9.77. The molecule has 1 amide bonds. The summed E-state index contributed by atoms with van der Waals surface area (Å²) in [6.45, 7) is 7.97. The Morgan fingerprint density at radius 2 is 1.67 bits per heavy atom. The van der Waals surface area contributed by atoms with Gasteiger partial charge in [-0.25, -0.2) is 4.39 Å². The molecule has 1 aliphatic heterocycles. The first-order valence-corrected chi connectivity index (χ1v) is 10.5. The highest BCUT2D eigenvalue weighted by Gasteiger charge is 2.48. The minimum Gasteiger partial charge on any atom is -0.358 e. The molecule has 5 heteroatoms. The summed E-state index contributed by atoms with van der Waals surface area (Å²) in [7, 11) is 0. The third-order valence-electron chi connectivity index (χ3n) is 6.07. The van der Waals surface area contributed by atoms with Crippen molar-refractivity contribution < 1.29 is 14.0 Å². The summed E-state index contributed by atoms with van der Waals surface area (Å²) in [6.07, 6.45) is 0. The normalized spacial score (nSPS) is 20.4. The van der Waals surface area contributed by atoms with Gasteiger partial charge in [0.05, 0.1) is 6.04 Å². The molecule has 0 spiro atoms. The van der Waals surface area contributed by atoms with Crippen LogP contribution in [-0.2, 0) is 9.59 Å². The van der Waals surface area contributed by atoms with Crippen LogP contribution in [0.25, 0.3) is 10.9 Å². The quantitative estimate of drug-likeness (QED) is 0.592. The van der Waals surface area contributed by atoms with E-state index in [9.17, 15) is 14.0 Å². The van der Waals surface area contributed by atoms with Gasteiger partial charge in [0.2, 0.25) is 5.91 Å². The van der Waals surface area contributed by atoms with Crippen LogP contribution in [0.15, 0.2) is 48.5 Å². The van der Waals surface area contributed by atoms with Crippen LogP contribution in [0, 0.1) is 17.7 Å². The van der Waals surface area contributed by atoms with Gasteiger partial charge in [-0.2, -0.15) is 0 Å². The summed E-state index contributed by atoms with van der Waals surface area (Å²) < 4.78 is 14.0. The van der Waals surface area contributed by atoms with Gasteiger partial charge in [-0.15, -0.1) is 0 Å². The Hall–Kier alpha value is -2.95. The Morgan fingerprint density at radius 3 is 2.27 bits per heavy atom. The summed E-state index contributed by atoms with van der Waals surface area (Å²) >= 11 is 0. The number of carbonyl (C=O) groups excluding carboxylic acids is 2. The van der Waals surface area contributed by atoms with Gasteiger partial charge in [-0.3, -0.25) is 9.59 Å². The summed E-state index contributed by atoms with van der Waals surface area (Å²) in [6, 6.07) is 13.8. The highest BCUT2D eigenvalue weighted by Crippen LogP contribution is 2.42. The molecule has 4 rings (SSSR count). The second-order valence-corrected chi connectivity index (χ2v) is 8.80. The third-order valence-corrected chi connectivity index (χ3v) is 6.07. The monoisotopic (exact) mass is 406 g/mol. The van der Waals surface area contributed by atoms with Crippen molar-refractivity contribution in [1.82, 2.24) is 10.3 Å². The van der Waals surface area contributed by atoms with E-state index in [-0.39, 0.29) is 29.3 Å². The second kappa shape index (κ2) is 7.71. The van der Waals surface area contributed by atoms with Gasteiger partial charge < -0.3 is 10.3 Å². The molecular formula is C25H27FN2O2. The lowest BCUT2D eigenvalue weighted by molar-refractivity contribution is -0.128. The number of hydrogen-bond acceptors (Lipinski definition) is 2. The molecule has 1 aromatic heterocycles. The predicted molar refractivity (Wildman–Crippen MR) is 116 cm³/mol. The van der Waals surface area contributed by atoms with Crippen molar-refractivity contribution in [3.63, 3.8) is 0 Å². The van der Waals surface area contributed by atoms with Crippen LogP contribution < -0.4 is 5.32 Å². The molecule has 3 atom stereocenters. The van der Waals surface area contributed by atoms with Crippen molar-refractivity contribution in [2.45, 2.75) is 45.6 Å². The van der Waals surface area contributed by atoms with Crippen LogP contribution in [0.5, 0.6) is 0 Å². The maximum Gasteiger partial charge on any atom is 0.232 e. The number of H-pyrrole nitrogens is 1. The Kier molecular flexibility index (Phi) is 5.22. The van der Waals surface area contributed by atoms with Crippen LogP contribution in [-0.4, -0.2) is 22.7 Å². The number of halogens is 1. The van der Waals surface area contributed by atoms with Crippen molar-refractivity contribution in [3.05, 3.63) is 71.2 Å². The zero-order valence-electron chi connectivity index (χ0n) is 17.7. The average Bonchev–Trinajstić information content (AvgIpc) is 3.21. The Morgan fingerprint density at radius 1 is 0.967 bits per heavy atom. The highest BCUT2D eigenvalue weighted by molar-refractivity contribution is 6.11. The fraction of sp³-hybridized carbons (Fsp3) is 0.360. The third kappa shape index (κ3) is 3.32. The van der Waals surface area contributed by atoms with Crippen molar-refractivity contribution >= 4 is 22.6 Å². The molecular weight excluding hydrogens is 379 g/mol. The van der Waals surface area contributed by atoms with Crippen LogP contribution >= 0.6 is 0 Å². The lowest BCUT2D eigenvalue weighted by Crippen LogP contribution is -2.34. The van der Waals surface area contributed by atoms with Crippen molar-refractivity contribution in [1.29, 1.82) is 0 Å². The Labute approximate surface area is 175 Å². The topological polar surface area (TPSA) is 62.0 Å². The molecule has 2 aromatic carbocycles. The number of rotatable bonds is 5. The van der Waals surface area contributed by atoms with Crippen LogP contribution in [0.4, 0.5) is 4.39 Å². The SMILES string of the molecule is CC(C)c1c(C(c2ccccc2)C2C(=O)NC(C(C)C)C2=O)[nH]c2ccc(F)cc12. The minimum atomic E-state index is -0.824. The van der Waals surface area contributed by atoms with E-state index in [1.807, 2.05) is 58.0 Å². The zero-order chi connectivity index (χ0) is 21.6. The predicted octanol–water partition coefficient (Wildman–Crippen LogP) is 4.90. The number of ketones is 1. The van der Waals surface area contributed by atoms with E-state index in [2.05, 4.69) is 10.3 Å². The highest BCUT2D eigenvalue weighted by atomic mass is 19.1. The van der Waals surface area contributed by atoms with Crippen LogP contribution in [0.1, 0.15) is 56.4 Å². The average molecular weight is 407 g/mol. The molecule has 0 bridgehead atoms. The van der Waals surface area contributed by atoms with E-state index in [4.69, 9.17) is 0 Å². The summed E-state index contributed by atoms with van der Waals surface area (Å²) in [5.74, 6) is -1.81. The van der Waals surface area contributed by atoms with Crippen LogP contribution in [0.3, 0.4) is 0 Å². The molecule has 30 heavy (non-hydrogen) atoms. The maximum atomic E-state index is 14.0. The largest absolute Gasteiger partial charge is 0.358 e. The lowest BCUT2D eigenvalue weighted by Gasteiger charge is -2.24. The van der Waals surface area contributed by atoms with E-state index >= 15 is 0 Å². The van der Waals surface area contributed by atoms with Gasteiger partial charge >= 0.3 is 0 Å². The molecule has 4 nitrogen and oxygen atoms in total. The van der Waals surface area contributed by atoms with E-state index < -0.39 is 17.9 Å². The van der Waals surface area contributed by atoms with Gasteiger partial charge in [-0.1, -0.05) is 58.0 Å². The molecule has 0 saturated carbocycles. The number of nitrogens with one attached hydrogen (secondary N) is 2. The molecule has 1 fully saturated rings. The van der Waals surface area contributed by atoms with Crippen molar-refractivity contribution in [2.24, 2.45) is 11.8 Å². The number of aromatic nitrogens is 1. The van der Waals surface area contributed by atoms with Crippen molar-refractivity contribution in [2.75, 3.05) is 0 Å². The zero-order valence-corrected chi connectivity index (χ0v) is 17.7. The molecule has 0 radical (unpaired) electrons. The number of amides is 1. The first-order valence-electron chi connectivity index (χ1n) is 10.5. The standard InChI is InChI=1S/C25H27FN2O2/c1-13(2)19-17-12-16(26)10-11-18(17)27-23(19)20(15-8-6-5-7-9-15)21-24(29)22(14(3)4)28-25(21)30/h5-14,20-22,27H,1-4H3,(H,28,30). The molecule has 3 unspecified atom stereocenters. The number of Topliss-reactive ketones (excluding diaryl/α,β-unsaturated/α-hetero) is 1. The van der Waals surface area contributed by atoms with Gasteiger partial charge in [0.25, 0.3) is 0 Å². The molecule has 156 valence electrons. The molecule has 2 heterocycles. The molecule has 3 aromatic rings. The Balaban J connectivity index is 1.96. The first-order chi connectivity index (χ1) is 14.3. The van der Waals surface area contributed by atoms with Crippen LogP contribution in [0.2, 0.25) is 0 Å². The Bertz CT molecular complexity index is 1100. The fourth-order valence-corrected chi connectivity index (χ4v) is 4.71. The molecule has 1 saturated heterocycles. The molecule has 2 N–H and O–H groups in total. The van der Waals surface area contributed by atoms with E-state index in [0.29, 0.717) is 0 Å². The summed E-state index contributed by atoms with van der Waals surface area (Å²) in [4.78, 5) is 29.8. The second-order valence-electron chi connectivity index (χ2n) is 8.80. The molecule has 0 aliphatic carbocycles. The number of fused-ring (bicyclic) bond motifs is 1. The van der Waals surface area contributed by atoms with Gasteiger partial charge in [0.1, 0.15) is 11.7 Å². The fourth-order valence-electron chi connectivity index (χ4n) is 4.71. The number of carbonyl (C=O) groups is 2. The van der Waals surface area contributed by atoms with Crippen molar-refractivity contribution in [3.8, 4) is 0 Å². The number of hydrogen-bond donors (Lipinski definition) is 2. The van der Waals surface area contributed by atoms with E-state index in [1.54, 1.807) is 6.07 Å². The summed E-state index contributed by atoms with van der Waals surface area (Å²) in [5.41, 5.74) is 3.47. The van der Waals surface area contributed by atoms with Gasteiger partial charge in [0, 0.05) is 22.5 Å².